The van der Waals surface area contributed by atoms with Gasteiger partial charge in [-0.1, -0.05) is 41.9 Å². The van der Waals surface area contributed by atoms with E-state index in [4.69, 9.17) is 17.3 Å². The summed E-state index contributed by atoms with van der Waals surface area (Å²) in [7, 11) is 0. The lowest BCUT2D eigenvalue weighted by Crippen LogP contribution is -2.17. The van der Waals surface area contributed by atoms with E-state index in [1.54, 1.807) is 0 Å². The molecule has 0 radical (unpaired) electrons. The highest BCUT2D eigenvalue weighted by atomic mass is 35.5. The first kappa shape index (κ1) is 14.2. The van der Waals surface area contributed by atoms with Gasteiger partial charge in [-0.3, -0.25) is 0 Å². The normalized spacial score (nSPS) is 12.7. The molecule has 2 aromatic carbocycles. The number of rotatable bonds is 4. The zero-order chi connectivity index (χ0) is 14.8. The van der Waals surface area contributed by atoms with Crippen molar-refractivity contribution >= 4 is 22.5 Å². The van der Waals surface area contributed by atoms with Gasteiger partial charge >= 0.3 is 0 Å². The van der Waals surface area contributed by atoms with Crippen molar-refractivity contribution in [2.45, 2.75) is 25.9 Å². The Morgan fingerprint density at radius 3 is 2.71 bits per heavy atom. The third-order valence-electron chi connectivity index (χ3n) is 3.65. The number of fused-ring (bicyclic) bond motifs is 1. The SMILES string of the molecule is CC(N)Cc1cn(Cc2cccc(Cl)c2)c2ccccc12. The standard InChI is InChI=1S/C18H19ClN2/c1-13(20)9-15-12-21(18-8-3-2-7-17(15)18)11-14-5-4-6-16(19)10-14/h2-8,10,12-13H,9,11,20H2,1H3. The van der Waals surface area contributed by atoms with Crippen LogP contribution in [0.1, 0.15) is 18.1 Å². The van der Waals surface area contributed by atoms with E-state index in [1.807, 2.05) is 25.1 Å². The minimum absolute atomic E-state index is 0.162. The molecule has 0 fully saturated rings. The summed E-state index contributed by atoms with van der Waals surface area (Å²) in [5.41, 5.74) is 9.73. The molecule has 1 unspecified atom stereocenters. The number of nitrogens with zero attached hydrogens (tertiary/aromatic N) is 1. The Morgan fingerprint density at radius 1 is 1.14 bits per heavy atom. The fourth-order valence-corrected chi connectivity index (χ4v) is 3.01. The summed E-state index contributed by atoms with van der Waals surface area (Å²) in [5, 5.41) is 2.07. The van der Waals surface area contributed by atoms with E-state index < -0.39 is 0 Å². The Balaban J connectivity index is 2.02. The number of benzene rings is 2. The van der Waals surface area contributed by atoms with Crippen molar-refractivity contribution in [1.29, 1.82) is 0 Å². The van der Waals surface area contributed by atoms with E-state index in [2.05, 4.69) is 41.1 Å². The highest BCUT2D eigenvalue weighted by Gasteiger charge is 2.10. The zero-order valence-corrected chi connectivity index (χ0v) is 12.8. The molecule has 0 saturated carbocycles. The molecule has 0 bridgehead atoms. The molecule has 108 valence electrons. The quantitative estimate of drug-likeness (QED) is 0.767. The van der Waals surface area contributed by atoms with E-state index in [0.29, 0.717) is 0 Å². The molecule has 1 aromatic heterocycles. The maximum atomic E-state index is 6.08. The molecular formula is C18H19ClN2. The van der Waals surface area contributed by atoms with Crippen LogP contribution in [0.2, 0.25) is 5.02 Å². The molecule has 0 saturated heterocycles. The van der Waals surface area contributed by atoms with Gasteiger partial charge in [0.1, 0.15) is 0 Å². The van der Waals surface area contributed by atoms with Crippen molar-refractivity contribution in [1.82, 2.24) is 4.57 Å². The molecule has 3 rings (SSSR count). The van der Waals surface area contributed by atoms with Crippen LogP contribution < -0.4 is 5.73 Å². The Morgan fingerprint density at radius 2 is 1.95 bits per heavy atom. The molecular weight excluding hydrogens is 280 g/mol. The average Bonchev–Trinajstić information content (AvgIpc) is 2.77. The van der Waals surface area contributed by atoms with E-state index in [9.17, 15) is 0 Å². The van der Waals surface area contributed by atoms with Gasteiger partial charge in [0, 0.05) is 34.7 Å². The summed E-state index contributed by atoms with van der Waals surface area (Å²) in [4.78, 5) is 0. The number of nitrogens with two attached hydrogens (primary N) is 1. The van der Waals surface area contributed by atoms with Crippen LogP contribution in [0.25, 0.3) is 10.9 Å². The summed E-state index contributed by atoms with van der Waals surface area (Å²) in [6.45, 7) is 2.86. The second-order valence-corrected chi connectivity index (χ2v) is 6.05. The van der Waals surface area contributed by atoms with Gasteiger partial charge in [0.05, 0.1) is 0 Å². The highest BCUT2D eigenvalue weighted by molar-refractivity contribution is 6.30. The van der Waals surface area contributed by atoms with Crippen molar-refractivity contribution in [2.75, 3.05) is 0 Å². The van der Waals surface area contributed by atoms with Gasteiger partial charge in [-0.15, -0.1) is 0 Å². The predicted molar refractivity (Wildman–Crippen MR) is 89.8 cm³/mol. The van der Waals surface area contributed by atoms with Gasteiger partial charge < -0.3 is 10.3 Å². The third-order valence-corrected chi connectivity index (χ3v) is 3.89. The number of hydrogen-bond donors (Lipinski definition) is 1. The topological polar surface area (TPSA) is 30.9 Å². The molecule has 0 amide bonds. The van der Waals surface area contributed by atoms with E-state index in [0.717, 1.165) is 18.0 Å². The average molecular weight is 299 g/mol. The van der Waals surface area contributed by atoms with Crippen LogP contribution >= 0.6 is 11.6 Å². The Hall–Kier alpha value is -1.77. The molecule has 21 heavy (non-hydrogen) atoms. The maximum Gasteiger partial charge on any atom is 0.0486 e. The van der Waals surface area contributed by atoms with Gasteiger partial charge in [-0.2, -0.15) is 0 Å². The molecule has 0 spiro atoms. The van der Waals surface area contributed by atoms with Crippen LogP contribution in [0, 0.1) is 0 Å². The second-order valence-electron chi connectivity index (χ2n) is 5.61. The number of aromatic nitrogens is 1. The van der Waals surface area contributed by atoms with Crippen molar-refractivity contribution in [2.24, 2.45) is 5.73 Å². The molecule has 3 aromatic rings. The summed E-state index contributed by atoms with van der Waals surface area (Å²) in [5.74, 6) is 0. The van der Waals surface area contributed by atoms with Crippen LogP contribution in [0.15, 0.2) is 54.7 Å². The molecule has 1 atom stereocenters. The lowest BCUT2D eigenvalue weighted by molar-refractivity contribution is 0.735. The molecule has 3 heteroatoms. The molecule has 2 N–H and O–H groups in total. The largest absolute Gasteiger partial charge is 0.343 e. The van der Waals surface area contributed by atoms with E-state index in [-0.39, 0.29) is 6.04 Å². The van der Waals surface area contributed by atoms with Gasteiger partial charge in [0.25, 0.3) is 0 Å². The first-order valence-corrected chi connectivity index (χ1v) is 7.58. The summed E-state index contributed by atoms with van der Waals surface area (Å²) in [6, 6.07) is 16.7. The minimum atomic E-state index is 0.162. The summed E-state index contributed by atoms with van der Waals surface area (Å²) in [6.07, 6.45) is 3.11. The van der Waals surface area contributed by atoms with Gasteiger partial charge in [0.15, 0.2) is 0 Å². The predicted octanol–water partition coefficient (Wildman–Crippen LogP) is 4.23. The van der Waals surface area contributed by atoms with E-state index in [1.165, 1.54) is 22.0 Å². The van der Waals surface area contributed by atoms with Gasteiger partial charge in [-0.25, -0.2) is 0 Å². The number of para-hydroxylation sites is 1. The molecule has 2 nitrogen and oxygen atoms in total. The first-order valence-electron chi connectivity index (χ1n) is 7.20. The zero-order valence-electron chi connectivity index (χ0n) is 12.1. The van der Waals surface area contributed by atoms with Crippen LogP contribution in [0.4, 0.5) is 0 Å². The van der Waals surface area contributed by atoms with Crippen LogP contribution in [0.3, 0.4) is 0 Å². The summed E-state index contributed by atoms with van der Waals surface area (Å²) >= 11 is 6.08. The lowest BCUT2D eigenvalue weighted by atomic mass is 10.1. The van der Waals surface area contributed by atoms with Crippen LogP contribution in [-0.4, -0.2) is 10.6 Å². The summed E-state index contributed by atoms with van der Waals surface area (Å²) < 4.78 is 2.28. The fourth-order valence-electron chi connectivity index (χ4n) is 2.80. The molecule has 0 aliphatic rings. The maximum absolute atomic E-state index is 6.08. The Labute approximate surface area is 130 Å². The first-order chi connectivity index (χ1) is 10.1. The minimum Gasteiger partial charge on any atom is -0.343 e. The Bertz CT molecular complexity index is 759. The van der Waals surface area contributed by atoms with Crippen LogP contribution in [0.5, 0.6) is 0 Å². The molecule has 1 heterocycles. The van der Waals surface area contributed by atoms with Crippen molar-refractivity contribution in [3.8, 4) is 0 Å². The van der Waals surface area contributed by atoms with Crippen molar-refractivity contribution < 1.29 is 0 Å². The number of hydrogen-bond acceptors (Lipinski definition) is 1. The monoisotopic (exact) mass is 298 g/mol. The lowest BCUT2D eigenvalue weighted by Gasteiger charge is -2.06. The highest BCUT2D eigenvalue weighted by Crippen LogP contribution is 2.24. The smallest absolute Gasteiger partial charge is 0.0486 e. The van der Waals surface area contributed by atoms with E-state index >= 15 is 0 Å². The fraction of sp³-hybridized carbons (Fsp3) is 0.222. The molecule has 0 aliphatic heterocycles. The molecule has 0 aliphatic carbocycles. The second kappa shape index (κ2) is 5.92. The van der Waals surface area contributed by atoms with Crippen LogP contribution in [-0.2, 0) is 13.0 Å². The van der Waals surface area contributed by atoms with Gasteiger partial charge in [0.2, 0.25) is 0 Å². The number of halogens is 1. The van der Waals surface area contributed by atoms with Gasteiger partial charge in [-0.05, 0) is 42.7 Å². The van der Waals surface area contributed by atoms with Crippen molar-refractivity contribution in [3.05, 3.63) is 70.9 Å². The Kier molecular flexibility index (Phi) is 4.00. The van der Waals surface area contributed by atoms with Crippen molar-refractivity contribution in [3.63, 3.8) is 0 Å². The third kappa shape index (κ3) is 3.12.